The fraction of sp³-hybridized carbons (Fsp3) is 0.250. The van der Waals surface area contributed by atoms with E-state index in [2.05, 4.69) is 10.6 Å². The minimum atomic E-state index is -5.83. The lowest BCUT2D eigenvalue weighted by atomic mass is 9.95. The third kappa shape index (κ3) is 4.81. The topological polar surface area (TPSA) is 87.3 Å². The normalized spacial score (nSPS) is 15.8. The van der Waals surface area contributed by atoms with Gasteiger partial charge in [-0.3, -0.25) is 14.4 Å². The SMILES string of the molecule is O=C(CC(=O)NC1C(=O)Nc2ccccc2-c2ccccc21)NCC(F)(F)C(F)(F)F. The van der Waals surface area contributed by atoms with Gasteiger partial charge in [0.15, 0.2) is 0 Å². The van der Waals surface area contributed by atoms with Gasteiger partial charge in [0, 0.05) is 11.3 Å². The quantitative estimate of drug-likeness (QED) is 0.492. The zero-order chi connectivity index (χ0) is 22.8. The molecule has 6 nitrogen and oxygen atoms in total. The number of carbonyl (C=O) groups excluding carboxylic acids is 3. The summed E-state index contributed by atoms with van der Waals surface area (Å²) in [6.45, 7) is -2.00. The van der Waals surface area contributed by atoms with Gasteiger partial charge < -0.3 is 16.0 Å². The molecule has 3 N–H and O–H groups in total. The standard InChI is InChI=1S/C20H16F5N3O3/c21-19(22,20(23,24)25)10-26-15(29)9-16(30)28-17-13-7-2-1-5-11(13)12-6-3-4-8-14(12)27-18(17)31/h1-8,17H,9-10H2,(H,26,29)(H,27,31)(H,28,30). The van der Waals surface area contributed by atoms with Gasteiger partial charge in [-0.1, -0.05) is 42.5 Å². The summed E-state index contributed by atoms with van der Waals surface area (Å²) in [6, 6.07) is 12.4. The molecule has 0 spiro atoms. The molecule has 0 aliphatic carbocycles. The third-order valence-electron chi connectivity index (χ3n) is 4.56. The van der Waals surface area contributed by atoms with Crippen LogP contribution in [0.1, 0.15) is 18.0 Å². The monoisotopic (exact) mass is 441 g/mol. The summed E-state index contributed by atoms with van der Waals surface area (Å²) in [6.07, 6.45) is -6.87. The first-order valence-corrected chi connectivity index (χ1v) is 8.99. The molecule has 1 heterocycles. The summed E-state index contributed by atoms with van der Waals surface area (Å²) in [5, 5.41) is 6.38. The molecule has 2 aromatic rings. The second-order valence-electron chi connectivity index (χ2n) is 6.78. The van der Waals surface area contributed by atoms with E-state index < -0.39 is 48.8 Å². The number of halogens is 5. The first kappa shape index (κ1) is 22.2. The number of benzene rings is 2. The third-order valence-corrected chi connectivity index (χ3v) is 4.56. The van der Waals surface area contributed by atoms with Crippen LogP contribution >= 0.6 is 0 Å². The van der Waals surface area contributed by atoms with Gasteiger partial charge in [-0.25, -0.2) is 0 Å². The summed E-state index contributed by atoms with van der Waals surface area (Å²) < 4.78 is 62.3. The van der Waals surface area contributed by atoms with Gasteiger partial charge >= 0.3 is 12.1 Å². The highest BCUT2D eigenvalue weighted by atomic mass is 19.4. The first-order chi connectivity index (χ1) is 14.5. The van der Waals surface area contributed by atoms with Crippen molar-refractivity contribution in [1.29, 1.82) is 0 Å². The Morgan fingerprint density at radius 2 is 1.52 bits per heavy atom. The predicted octanol–water partition coefficient (Wildman–Crippen LogP) is 3.17. The van der Waals surface area contributed by atoms with E-state index >= 15 is 0 Å². The molecule has 0 radical (unpaired) electrons. The first-order valence-electron chi connectivity index (χ1n) is 8.99. The molecule has 2 aromatic carbocycles. The highest BCUT2D eigenvalue weighted by molar-refractivity contribution is 6.06. The number of para-hydroxylation sites is 1. The van der Waals surface area contributed by atoms with Crippen LogP contribution in [0.25, 0.3) is 11.1 Å². The molecule has 1 aliphatic rings. The molecule has 0 saturated carbocycles. The smallest absolute Gasteiger partial charge is 0.349 e. The van der Waals surface area contributed by atoms with Gasteiger partial charge in [0.05, 0.1) is 6.54 Å². The van der Waals surface area contributed by atoms with Gasteiger partial charge in [-0.05, 0) is 17.2 Å². The van der Waals surface area contributed by atoms with E-state index in [0.717, 1.165) is 0 Å². The van der Waals surface area contributed by atoms with Gasteiger partial charge in [0.2, 0.25) is 11.8 Å². The Labute approximate surface area is 172 Å². The molecule has 3 rings (SSSR count). The average Bonchev–Trinajstić information content (AvgIpc) is 2.81. The van der Waals surface area contributed by atoms with E-state index in [4.69, 9.17) is 0 Å². The van der Waals surface area contributed by atoms with Crippen molar-refractivity contribution in [2.45, 2.75) is 24.6 Å². The van der Waals surface area contributed by atoms with Gasteiger partial charge in [0.25, 0.3) is 5.91 Å². The summed E-state index contributed by atoms with van der Waals surface area (Å²) in [4.78, 5) is 36.6. The summed E-state index contributed by atoms with van der Waals surface area (Å²) >= 11 is 0. The molecular formula is C20H16F5N3O3. The van der Waals surface area contributed by atoms with Crippen molar-refractivity contribution in [3.63, 3.8) is 0 Å². The van der Waals surface area contributed by atoms with Crippen molar-refractivity contribution in [3.05, 3.63) is 54.1 Å². The number of anilines is 1. The summed E-state index contributed by atoms with van der Waals surface area (Å²) in [5.74, 6) is -8.10. The molecule has 0 fully saturated rings. The molecule has 1 aliphatic heterocycles. The van der Waals surface area contributed by atoms with Crippen molar-refractivity contribution in [3.8, 4) is 11.1 Å². The molecule has 31 heavy (non-hydrogen) atoms. The van der Waals surface area contributed by atoms with Crippen molar-refractivity contribution in [2.75, 3.05) is 11.9 Å². The second-order valence-corrected chi connectivity index (χ2v) is 6.78. The van der Waals surface area contributed by atoms with Crippen LogP contribution in [0.5, 0.6) is 0 Å². The zero-order valence-electron chi connectivity index (χ0n) is 15.7. The largest absolute Gasteiger partial charge is 0.455 e. The maximum atomic E-state index is 12.9. The van der Waals surface area contributed by atoms with Gasteiger partial charge in [0.1, 0.15) is 12.5 Å². The van der Waals surface area contributed by atoms with Crippen LogP contribution in [-0.4, -0.2) is 36.4 Å². The Kier molecular flexibility index (Phi) is 5.96. The van der Waals surface area contributed by atoms with Crippen LogP contribution in [0.3, 0.4) is 0 Å². The fourth-order valence-corrected chi connectivity index (χ4v) is 3.04. The van der Waals surface area contributed by atoms with Crippen LogP contribution in [-0.2, 0) is 14.4 Å². The Balaban J connectivity index is 1.72. The van der Waals surface area contributed by atoms with Crippen LogP contribution in [0.2, 0.25) is 0 Å². The fourth-order valence-electron chi connectivity index (χ4n) is 3.04. The molecule has 0 bridgehead atoms. The Hall–Kier alpha value is -3.50. The lowest BCUT2D eigenvalue weighted by molar-refractivity contribution is -0.278. The minimum absolute atomic E-state index is 0.433. The minimum Gasteiger partial charge on any atom is -0.349 e. The Bertz CT molecular complexity index is 1020. The van der Waals surface area contributed by atoms with Crippen molar-refractivity contribution < 1.29 is 36.3 Å². The highest BCUT2D eigenvalue weighted by Crippen LogP contribution is 2.37. The number of amides is 3. The number of fused-ring (bicyclic) bond motifs is 3. The molecule has 0 aromatic heterocycles. The van der Waals surface area contributed by atoms with Crippen LogP contribution in [0.4, 0.5) is 27.6 Å². The van der Waals surface area contributed by atoms with E-state index in [-0.39, 0.29) is 0 Å². The van der Waals surface area contributed by atoms with Crippen molar-refractivity contribution >= 4 is 23.4 Å². The maximum Gasteiger partial charge on any atom is 0.455 e. The average molecular weight is 441 g/mol. The number of alkyl halides is 5. The molecule has 3 amide bonds. The van der Waals surface area contributed by atoms with Crippen molar-refractivity contribution in [2.24, 2.45) is 0 Å². The Morgan fingerprint density at radius 3 is 2.19 bits per heavy atom. The highest BCUT2D eigenvalue weighted by Gasteiger charge is 2.57. The predicted molar refractivity (Wildman–Crippen MR) is 100 cm³/mol. The molecule has 1 atom stereocenters. The van der Waals surface area contributed by atoms with E-state index in [0.29, 0.717) is 22.4 Å². The number of rotatable bonds is 5. The molecule has 164 valence electrons. The molecule has 11 heteroatoms. The summed E-state index contributed by atoms with van der Waals surface area (Å²) in [7, 11) is 0. The zero-order valence-corrected chi connectivity index (χ0v) is 15.7. The number of hydrogen-bond donors (Lipinski definition) is 3. The van der Waals surface area contributed by atoms with Crippen LogP contribution in [0.15, 0.2) is 48.5 Å². The molecule has 0 saturated heterocycles. The van der Waals surface area contributed by atoms with E-state index in [9.17, 15) is 36.3 Å². The van der Waals surface area contributed by atoms with Crippen LogP contribution in [0, 0.1) is 0 Å². The lowest BCUT2D eigenvalue weighted by Crippen LogP contribution is -2.47. The second kappa shape index (κ2) is 8.32. The Morgan fingerprint density at radius 1 is 0.903 bits per heavy atom. The number of carbonyl (C=O) groups is 3. The number of nitrogens with one attached hydrogen (secondary N) is 3. The van der Waals surface area contributed by atoms with E-state index in [1.54, 1.807) is 48.5 Å². The van der Waals surface area contributed by atoms with Crippen LogP contribution < -0.4 is 16.0 Å². The van der Waals surface area contributed by atoms with E-state index in [1.165, 1.54) is 5.32 Å². The van der Waals surface area contributed by atoms with Crippen molar-refractivity contribution in [1.82, 2.24) is 10.6 Å². The molecule has 1 unspecified atom stereocenters. The van der Waals surface area contributed by atoms with Gasteiger partial charge in [-0.2, -0.15) is 22.0 Å². The maximum absolute atomic E-state index is 12.9. The molecular weight excluding hydrogens is 425 g/mol. The summed E-state index contributed by atoms with van der Waals surface area (Å²) in [5.41, 5.74) is 2.29. The van der Waals surface area contributed by atoms with Gasteiger partial charge in [-0.15, -0.1) is 0 Å². The van der Waals surface area contributed by atoms with E-state index in [1.807, 2.05) is 0 Å². The lowest BCUT2D eigenvalue weighted by Gasteiger charge is -2.20. The number of hydrogen-bond acceptors (Lipinski definition) is 3.